The van der Waals surface area contributed by atoms with Crippen LogP contribution in [0.2, 0.25) is 0 Å². The topological polar surface area (TPSA) is 66.9 Å². The van der Waals surface area contributed by atoms with E-state index < -0.39 is 10.0 Å². The smallest absolute Gasteiger partial charge is 0.264 e. The number of ether oxygens (including phenoxy) is 1. The third-order valence-electron chi connectivity index (χ3n) is 5.20. The Labute approximate surface area is 190 Å². The number of carbonyl (C=O) groups is 1. The monoisotopic (exact) mass is 452 g/mol. The van der Waals surface area contributed by atoms with Crippen molar-refractivity contribution in [2.75, 3.05) is 25.0 Å². The van der Waals surface area contributed by atoms with Crippen molar-refractivity contribution in [3.63, 3.8) is 0 Å². The first-order valence-corrected chi connectivity index (χ1v) is 11.7. The van der Waals surface area contributed by atoms with E-state index in [0.717, 1.165) is 21.0 Å². The van der Waals surface area contributed by atoms with Crippen LogP contribution in [-0.4, -0.2) is 39.9 Å². The standard InChI is InChI=1S/C25H28N2O4S/c1-19-8-12-21(13-9-19)17-26(3)25(28)18-27(22-6-5-7-23(16-22)31-4)32(29,30)24-14-10-20(2)11-15-24/h5-16H,17-18H2,1-4H3. The Bertz CT molecular complexity index is 1170. The van der Waals surface area contributed by atoms with Crippen LogP contribution in [0, 0.1) is 13.8 Å². The zero-order chi connectivity index (χ0) is 23.3. The van der Waals surface area contributed by atoms with Crippen LogP contribution in [0.25, 0.3) is 0 Å². The molecule has 0 unspecified atom stereocenters. The highest BCUT2D eigenvalue weighted by Crippen LogP contribution is 2.27. The SMILES string of the molecule is COc1cccc(N(CC(=O)N(C)Cc2ccc(C)cc2)S(=O)(=O)c2ccc(C)cc2)c1. The van der Waals surface area contributed by atoms with Crippen molar-refractivity contribution in [2.24, 2.45) is 0 Å². The van der Waals surface area contributed by atoms with Crippen LogP contribution in [0.1, 0.15) is 16.7 Å². The predicted molar refractivity (Wildman–Crippen MR) is 126 cm³/mol. The van der Waals surface area contributed by atoms with Gasteiger partial charge >= 0.3 is 0 Å². The number of rotatable bonds is 8. The summed E-state index contributed by atoms with van der Waals surface area (Å²) >= 11 is 0. The molecule has 0 aliphatic heterocycles. The summed E-state index contributed by atoms with van der Waals surface area (Å²) in [4.78, 5) is 14.7. The van der Waals surface area contributed by atoms with Crippen LogP contribution in [-0.2, 0) is 21.4 Å². The summed E-state index contributed by atoms with van der Waals surface area (Å²) in [6.45, 7) is 3.95. The molecule has 0 heterocycles. The van der Waals surface area contributed by atoms with Crippen molar-refractivity contribution in [3.05, 3.63) is 89.5 Å². The fourth-order valence-electron chi connectivity index (χ4n) is 3.22. The van der Waals surface area contributed by atoms with E-state index in [-0.39, 0.29) is 17.3 Å². The van der Waals surface area contributed by atoms with E-state index in [2.05, 4.69) is 0 Å². The van der Waals surface area contributed by atoms with E-state index in [0.29, 0.717) is 18.0 Å². The van der Waals surface area contributed by atoms with E-state index in [1.165, 1.54) is 12.0 Å². The molecule has 3 aromatic carbocycles. The highest BCUT2D eigenvalue weighted by atomic mass is 32.2. The molecule has 0 aliphatic carbocycles. The molecule has 32 heavy (non-hydrogen) atoms. The summed E-state index contributed by atoms with van der Waals surface area (Å²) in [5.74, 6) is 0.191. The van der Waals surface area contributed by atoms with E-state index in [9.17, 15) is 13.2 Å². The first kappa shape index (κ1) is 23.3. The number of nitrogens with zero attached hydrogens (tertiary/aromatic N) is 2. The van der Waals surface area contributed by atoms with Crippen LogP contribution in [0.4, 0.5) is 5.69 Å². The third kappa shape index (κ3) is 5.48. The quantitative estimate of drug-likeness (QED) is 0.515. The second-order valence-corrected chi connectivity index (χ2v) is 9.62. The maximum atomic E-state index is 13.5. The fraction of sp³-hybridized carbons (Fsp3) is 0.240. The van der Waals surface area contributed by atoms with Crippen LogP contribution < -0.4 is 9.04 Å². The Kier molecular flexibility index (Phi) is 7.20. The molecule has 0 saturated carbocycles. The molecular weight excluding hydrogens is 424 g/mol. The molecule has 3 aromatic rings. The number of anilines is 1. The second-order valence-electron chi connectivity index (χ2n) is 7.76. The number of sulfonamides is 1. The van der Waals surface area contributed by atoms with Crippen molar-refractivity contribution in [2.45, 2.75) is 25.3 Å². The van der Waals surface area contributed by atoms with E-state index in [1.807, 2.05) is 38.1 Å². The van der Waals surface area contributed by atoms with Crippen LogP contribution in [0.5, 0.6) is 5.75 Å². The van der Waals surface area contributed by atoms with Gasteiger partial charge in [0.25, 0.3) is 10.0 Å². The zero-order valence-corrected chi connectivity index (χ0v) is 19.6. The summed E-state index contributed by atoms with van der Waals surface area (Å²) in [7, 11) is -0.789. The average molecular weight is 453 g/mol. The molecule has 0 aromatic heterocycles. The Morgan fingerprint density at radius 3 is 2.09 bits per heavy atom. The minimum atomic E-state index is -3.97. The van der Waals surface area contributed by atoms with Gasteiger partial charge in [-0.25, -0.2) is 8.42 Å². The number of carbonyl (C=O) groups excluding carboxylic acids is 1. The van der Waals surface area contributed by atoms with Gasteiger partial charge in [0.2, 0.25) is 5.91 Å². The summed E-state index contributed by atoms with van der Waals surface area (Å²) in [6, 6.07) is 21.2. The Morgan fingerprint density at radius 1 is 0.906 bits per heavy atom. The highest BCUT2D eigenvalue weighted by Gasteiger charge is 2.28. The third-order valence-corrected chi connectivity index (χ3v) is 6.98. The largest absolute Gasteiger partial charge is 0.497 e. The normalized spacial score (nSPS) is 11.1. The van der Waals surface area contributed by atoms with Crippen LogP contribution >= 0.6 is 0 Å². The molecule has 0 spiro atoms. The molecule has 0 N–H and O–H groups in total. The lowest BCUT2D eigenvalue weighted by Crippen LogP contribution is -2.41. The lowest BCUT2D eigenvalue weighted by atomic mass is 10.1. The number of benzene rings is 3. The van der Waals surface area contributed by atoms with Crippen molar-refractivity contribution < 1.29 is 17.9 Å². The van der Waals surface area contributed by atoms with Gasteiger partial charge in [-0.2, -0.15) is 0 Å². The van der Waals surface area contributed by atoms with Crippen molar-refractivity contribution in [1.29, 1.82) is 0 Å². The minimum absolute atomic E-state index is 0.125. The van der Waals surface area contributed by atoms with E-state index in [4.69, 9.17) is 4.74 Å². The number of methoxy groups -OCH3 is 1. The van der Waals surface area contributed by atoms with Gasteiger partial charge < -0.3 is 9.64 Å². The number of likely N-dealkylation sites (N-methyl/N-ethyl adjacent to an activating group) is 1. The molecule has 0 saturated heterocycles. The van der Waals surface area contributed by atoms with Gasteiger partial charge in [-0.1, -0.05) is 53.6 Å². The maximum absolute atomic E-state index is 13.5. The summed E-state index contributed by atoms with van der Waals surface area (Å²) in [5, 5.41) is 0. The van der Waals surface area contributed by atoms with Crippen LogP contribution in [0.3, 0.4) is 0 Å². The highest BCUT2D eigenvalue weighted by molar-refractivity contribution is 7.92. The molecule has 0 bridgehead atoms. The summed E-state index contributed by atoms with van der Waals surface area (Å²) in [6.07, 6.45) is 0. The van der Waals surface area contributed by atoms with Crippen LogP contribution in [0.15, 0.2) is 77.7 Å². The van der Waals surface area contributed by atoms with Crippen molar-refractivity contribution in [3.8, 4) is 5.75 Å². The van der Waals surface area contributed by atoms with Gasteiger partial charge in [0, 0.05) is 19.7 Å². The minimum Gasteiger partial charge on any atom is -0.497 e. The molecule has 0 radical (unpaired) electrons. The van der Waals surface area contributed by atoms with Gasteiger partial charge in [0.05, 0.1) is 17.7 Å². The maximum Gasteiger partial charge on any atom is 0.264 e. The van der Waals surface area contributed by atoms with Gasteiger partial charge in [-0.05, 0) is 43.7 Å². The molecule has 3 rings (SSSR count). The molecule has 0 fully saturated rings. The summed E-state index contributed by atoms with van der Waals surface area (Å²) < 4.78 is 33.4. The number of amides is 1. The average Bonchev–Trinajstić information content (AvgIpc) is 2.79. The molecule has 6 nitrogen and oxygen atoms in total. The fourth-order valence-corrected chi connectivity index (χ4v) is 4.62. The first-order valence-electron chi connectivity index (χ1n) is 10.2. The van der Waals surface area contributed by atoms with Crippen molar-refractivity contribution in [1.82, 2.24) is 4.90 Å². The van der Waals surface area contributed by atoms with Crippen molar-refractivity contribution >= 4 is 21.6 Å². The molecular formula is C25H28N2O4S. The molecule has 0 atom stereocenters. The molecule has 1 amide bonds. The molecule has 7 heteroatoms. The number of aryl methyl sites for hydroxylation is 2. The number of hydrogen-bond acceptors (Lipinski definition) is 4. The van der Waals surface area contributed by atoms with Gasteiger partial charge in [-0.15, -0.1) is 0 Å². The zero-order valence-electron chi connectivity index (χ0n) is 18.8. The van der Waals surface area contributed by atoms with E-state index in [1.54, 1.807) is 55.6 Å². The summed E-state index contributed by atoms with van der Waals surface area (Å²) in [5.41, 5.74) is 3.42. The van der Waals surface area contributed by atoms with Gasteiger partial charge in [0.1, 0.15) is 12.3 Å². The Balaban J connectivity index is 1.92. The Hall–Kier alpha value is -3.32. The van der Waals surface area contributed by atoms with Gasteiger partial charge in [-0.3, -0.25) is 9.10 Å². The van der Waals surface area contributed by atoms with Gasteiger partial charge in [0.15, 0.2) is 0 Å². The lowest BCUT2D eigenvalue weighted by Gasteiger charge is -2.27. The number of hydrogen-bond donors (Lipinski definition) is 0. The van der Waals surface area contributed by atoms with E-state index >= 15 is 0 Å². The molecule has 168 valence electrons. The lowest BCUT2D eigenvalue weighted by molar-refractivity contribution is -0.128. The first-order chi connectivity index (χ1) is 15.2. The second kappa shape index (κ2) is 9.87. The Morgan fingerprint density at radius 2 is 1.50 bits per heavy atom. The predicted octanol–water partition coefficient (Wildman–Crippen LogP) is 4.17. The molecule has 0 aliphatic rings.